The third-order valence-electron chi connectivity index (χ3n) is 8.13. The first-order valence-corrected chi connectivity index (χ1v) is 16.9. The van der Waals surface area contributed by atoms with Gasteiger partial charge in [0.1, 0.15) is 23.1 Å². The van der Waals surface area contributed by atoms with E-state index in [1.165, 1.54) is 0 Å². The summed E-state index contributed by atoms with van der Waals surface area (Å²) in [4.78, 5) is 0. The van der Waals surface area contributed by atoms with E-state index in [0.717, 1.165) is 81.3 Å². The van der Waals surface area contributed by atoms with E-state index in [4.69, 9.17) is 18.5 Å². The van der Waals surface area contributed by atoms with E-state index in [1.807, 2.05) is 90.1 Å². The Morgan fingerprint density at radius 2 is 0.957 bits per heavy atom. The molecule has 4 aromatic rings. The average molecular weight is 650 g/mol. The summed E-state index contributed by atoms with van der Waals surface area (Å²) in [5, 5.41) is 0. The molecule has 0 amide bonds. The molecule has 0 saturated heterocycles. The summed E-state index contributed by atoms with van der Waals surface area (Å²) in [6.07, 6.45) is 4.61. The Balaban J connectivity index is 1.25. The Hall–Kier alpha value is -3.64. The molecule has 0 unspecified atom stereocenters. The van der Waals surface area contributed by atoms with Gasteiger partial charge in [0.2, 0.25) is 13.6 Å². The summed E-state index contributed by atoms with van der Waals surface area (Å²) in [6, 6.07) is 18.3. The van der Waals surface area contributed by atoms with Crippen LogP contribution >= 0.6 is 8.25 Å². The van der Waals surface area contributed by atoms with Gasteiger partial charge in [-0.3, -0.25) is 0 Å². The SMILES string of the molecule is CCCc1cc(Cc2c(C)cc(OCO[P+](=O)OCOc3cc(C)c(Cc4ccc(F)c(CCC)c4)c(C)c3)cc2C)ccc1F. The molecule has 5 nitrogen and oxygen atoms in total. The quantitative estimate of drug-likeness (QED) is 0.0893. The van der Waals surface area contributed by atoms with E-state index >= 15 is 0 Å². The van der Waals surface area contributed by atoms with Gasteiger partial charge in [-0.2, -0.15) is 0 Å². The molecule has 0 aromatic heterocycles. The molecule has 0 N–H and O–H groups in total. The van der Waals surface area contributed by atoms with Crippen molar-refractivity contribution in [3.8, 4) is 11.5 Å². The van der Waals surface area contributed by atoms with Crippen molar-refractivity contribution in [1.29, 1.82) is 0 Å². The summed E-state index contributed by atoms with van der Waals surface area (Å²) in [6.45, 7) is 11.6. The predicted molar refractivity (Wildman–Crippen MR) is 179 cm³/mol. The Bertz CT molecular complexity index is 1500. The molecule has 0 heterocycles. The van der Waals surface area contributed by atoms with Gasteiger partial charge in [0, 0.05) is 4.57 Å². The number of hydrogen-bond acceptors (Lipinski definition) is 5. The monoisotopic (exact) mass is 649 g/mol. The van der Waals surface area contributed by atoms with Crippen molar-refractivity contribution in [3.63, 3.8) is 0 Å². The van der Waals surface area contributed by atoms with Crippen LogP contribution in [0.4, 0.5) is 8.78 Å². The second-order valence-electron chi connectivity index (χ2n) is 11.8. The van der Waals surface area contributed by atoms with E-state index in [1.54, 1.807) is 12.1 Å². The third-order valence-corrected chi connectivity index (χ3v) is 8.76. The van der Waals surface area contributed by atoms with E-state index in [-0.39, 0.29) is 25.2 Å². The van der Waals surface area contributed by atoms with Crippen LogP contribution in [-0.2, 0) is 39.3 Å². The standard InChI is InChI=1S/C38H44F2O5P/c1-7-9-31-19-29(11-13-37(31)39)21-35-25(3)15-33(16-26(35)4)42-23-44-46(41)45-24-43-34-17-27(5)36(28(6)18-34)22-30-12-14-38(40)32(20-30)10-8-2/h11-20H,7-10,21-24H2,1-6H3/q+1. The lowest BCUT2D eigenvalue weighted by Gasteiger charge is -2.14. The molecule has 8 heteroatoms. The Morgan fingerprint density at radius 1 is 0.587 bits per heavy atom. The van der Waals surface area contributed by atoms with Crippen molar-refractivity contribution in [2.24, 2.45) is 0 Å². The van der Waals surface area contributed by atoms with Crippen LogP contribution in [-0.4, -0.2) is 13.6 Å². The maximum atomic E-state index is 14.1. The van der Waals surface area contributed by atoms with Gasteiger partial charge in [0.15, 0.2) is 0 Å². The van der Waals surface area contributed by atoms with Crippen molar-refractivity contribution in [3.05, 3.63) is 128 Å². The normalized spacial score (nSPS) is 11.1. The number of rotatable bonds is 16. The van der Waals surface area contributed by atoms with Gasteiger partial charge in [-0.05, 0) is 145 Å². The first-order valence-electron chi connectivity index (χ1n) is 15.8. The molecule has 4 aromatic carbocycles. The van der Waals surface area contributed by atoms with Crippen LogP contribution in [0, 0.1) is 39.3 Å². The van der Waals surface area contributed by atoms with Crippen LogP contribution in [0.15, 0.2) is 60.7 Å². The minimum atomic E-state index is -2.46. The summed E-state index contributed by atoms with van der Waals surface area (Å²) >= 11 is 0. The number of hydrogen-bond donors (Lipinski definition) is 0. The molecule has 4 rings (SSSR count). The smallest absolute Gasteiger partial charge is 0.463 e. The van der Waals surface area contributed by atoms with Crippen LogP contribution in [0.5, 0.6) is 11.5 Å². The minimum Gasteiger partial charge on any atom is -0.463 e. The molecule has 0 aliphatic rings. The van der Waals surface area contributed by atoms with Crippen LogP contribution in [0.3, 0.4) is 0 Å². The molecule has 244 valence electrons. The summed E-state index contributed by atoms with van der Waals surface area (Å²) in [5.41, 5.74) is 10.1. The number of ether oxygens (including phenoxy) is 2. The summed E-state index contributed by atoms with van der Waals surface area (Å²) in [5.74, 6) is 0.877. The van der Waals surface area contributed by atoms with Gasteiger partial charge in [-0.1, -0.05) is 60.0 Å². The topological polar surface area (TPSA) is 54.0 Å². The van der Waals surface area contributed by atoms with Gasteiger partial charge in [-0.15, -0.1) is 0 Å². The Morgan fingerprint density at radius 3 is 1.30 bits per heavy atom. The molecule has 0 bridgehead atoms. The van der Waals surface area contributed by atoms with Gasteiger partial charge in [0.25, 0.3) is 0 Å². The van der Waals surface area contributed by atoms with Crippen LogP contribution < -0.4 is 9.47 Å². The van der Waals surface area contributed by atoms with Crippen molar-refractivity contribution < 1.29 is 31.9 Å². The highest BCUT2D eigenvalue weighted by molar-refractivity contribution is 7.33. The highest BCUT2D eigenvalue weighted by Crippen LogP contribution is 2.29. The lowest BCUT2D eigenvalue weighted by Crippen LogP contribution is -2.04. The molecule has 0 atom stereocenters. The second-order valence-corrected chi connectivity index (χ2v) is 12.7. The number of halogens is 2. The maximum Gasteiger partial charge on any atom is 0.704 e. The lowest BCUT2D eigenvalue weighted by atomic mass is 9.94. The van der Waals surface area contributed by atoms with Crippen LogP contribution in [0.2, 0.25) is 0 Å². The third kappa shape index (κ3) is 9.68. The Kier molecular flexibility index (Phi) is 12.8. The van der Waals surface area contributed by atoms with Crippen molar-refractivity contribution in [2.75, 3.05) is 13.6 Å². The number of aryl methyl sites for hydroxylation is 6. The van der Waals surface area contributed by atoms with Gasteiger partial charge >= 0.3 is 8.25 Å². The van der Waals surface area contributed by atoms with Crippen molar-refractivity contribution >= 4 is 8.25 Å². The minimum absolute atomic E-state index is 0.156. The highest BCUT2D eigenvalue weighted by atomic mass is 31.1. The van der Waals surface area contributed by atoms with Crippen molar-refractivity contribution in [1.82, 2.24) is 0 Å². The van der Waals surface area contributed by atoms with Gasteiger partial charge in [-0.25, -0.2) is 8.78 Å². The zero-order valence-electron chi connectivity index (χ0n) is 27.7. The fourth-order valence-electron chi connectivity index (χ4n) is 5.75. The van der Waals surface area contributed by atoms with E-state index in [9.17, 15) is 13.3 Å². The van der Waals surface area contributed by atoms with Crippen molar-refractivity contribution in [2.45, 2.75) is 80.1 Å². The lowest BCUT2D eigenvalue weighted by molar-refractivity contribution is 0.0696. The molecule has 0 spiro atoms. The second kappa shape index (κ2) is 16.8. The first-order chi connectivity index (χ1) is 22.1. The fourth-order valence-corrected chi connectivity index (χ4v) is 6.10. The molecule has 0 radical (unpaired) electrons. The molecule has 0 aliphatic heterocycles. The van der Waals surface area contributed by atoms with Crippen LogP contribution in [0.25, 0.3) is 0 Å². The molecule has 46 heavy (non-hydrogen) atoms. The fraction of sp³-hybridized carbons (Fsp3) is 0.368. The molecule has 0 aliphatic carbocycles. The van der Waals surface area contributed by atoms with Gasteiger partial charge < -0.3 is 9.47 Å². The molecular formula is C38H44F2O5P+. The van der Waals surface area contributed by atoms with Crippen LogP contribution in [0.1, 0.15) is 82.3 Å². The van der Waals surface area contributed by atoms with E-state index in [0.29, 0.717) is 24.3 Å². The zero-order valence-corrected chi connectivity index (χ0v) is 28.6. The van der Waals surface area contributed by atoms with E-state index < -0.39 is 8.25 Å². The largest absolute Gasteiger partial charge is 0.704 e. The number of benzene rings is 4. The zero-order chi connectivity index (χ0) is 33.2. The summed E-state index contributed by atoms with van der Waals surface area (Å²) in [7, 11) is -2.46. The Labute approximate surface area is 272 Å². The average Bonchev–Trinajstić information content (AvgIpc) is 3.00. The molecule has 0 saturated carbocycles. The van der Waals surface area contributed by atoms with E-state index in [2.05, 4.69) is 0 Å². The highest BCUT2D eigenvalue weighted by Gasteiger charge is 2.22. The maximum absolute atomic E-state index is 14.1. The first kappa shape index (κ1) is 35.2. The molecular weight excluding hydrogens is 605 g/mol. The molecule has 0 fully saturated rings. The van der Waals surface area contributed by atoms with Gasteiger partial charge in [0.05, 0.1) is 0 Å². The summed E-state index contributed by atoms with van der Waals surface area (Å²) < 4.78 is 62.3. The predicted octanol–water partition coefficient (Wildman–Crippen LogP) is 10.3.